The van der Waals surface area contributed by atoms with Crippen molar-refractivity contribution in [3.8, 4) is 0 Å². The zero-order valence-corrected chi connectivity index (χ0v) is 12.5. The molecule has 1 heterocycles. The minimum absolute atomic E-state index is 0.120. The van der Waals surface area contributed by atoms with Gasteiger partial charge in [-0.15, -0.1) is 0 Å². The zero-order valence-electron chi connectivity index (χ0n) is 9.30. The largest absolute Gasteiger partial charge is 0.325 e. The van der Waals surface area contributed by atoms with Gasteiger partial charge >= 0.3 is 0 Å². The Morgan fingerprint density at radius 1 is 1.29 bits per heavy atom. The average molecular weight is 362 g/mol. The zero-order chi connectivity index (χ0) is 12.3. The number of anilines is 1. The third-order valence-corrected chi connectivity index (χ3v) is 4.05. The molecule has 17 heavy (non-hydrogen) atoms. The first-order valence-corrected chi connectivity index (χ1v) is 7.22. The molecule has 1 fully saturated rings. The smallest absolute Gasteiger partial charge is 0.227 e. The Kier molecular flexibility index (Phi) is 4.59. The first kappa shape index (κ1) is 13.1. The van der Waals surface area contributed by atoms with Gasteiger partial charge in [0.05, 0.1) is 5.69 Å². The Morgan fingerprint density at radius 3 is 2.65 bits per heavy atom. The van der Waals surface area contributed by atoms with Crippen LogP contribution in [0.1, 0.15) is 12.8 Å². The van der Waals surface area contributed by atoms with Crippen molar-refractivity contribution in [2.24, 2.45) is 5.92 Å². The van der Waals surface area contributed by atoms with E-state index in [1.807, 2.05) is 18.2 Å². The highest BCUT2D eigenvalue weighted by Gasteiger charge is 2.21. The second-order valence-corrected chi connectivity index (χ2v) is 5.91. The van der Waals surface area contributed by atoms with Gasteiger partial charge in [-0.05, 0) is 60.1 Å². The maximum Gasteiger partial charge on any atom is 0.227 e. The fourth-order valence-corrected chi connectivity index (χ4v) is 3.06. The van der Waals surface area contributed by atoms with Crippen molar-refractivity contribution >= 4 is 43.5 Å². The molecular weight excluding hydrogens is 348 g/mol. The van der Waals surface area contributed by atoms with Gasteiger partial charge in [0.15, 0.2) is 0 Å². The molecule has 3 nitrogen and oxygen atoms in total. The fraction of sp³-hybridized carbons (Fsp3) is 0.417. The molecule has 0 spiro atoms. The van der Waals surface area contributed by atoms with Crippen molar-refractivity contribution in [3.63, 3.8) is 0 Å². The quantitative estimate of drug-likeness (QED) is 0.849. The van der Waals surface area contributed by atoms with Crippen LogP contribution in [0.2, 0.25) is 0 Å². The molecule has 0 unspecified atom stereocenters. The molecule has 2 N–H and O–H groups in total. The van der Waals surface area contributed by atoms with Gasteiger partial charge in [0.1, 0.15) is 0 Å². The summed E-state index contributed by atoms with van der Waals surface area (Å²) >= 11 is 6.83. The lowest BCUT2D eigenvalue weighted by atomic mass is 9.97. The van der Waals surface area contributed by atoms with E-state index >= 15 is 0 Å². The molecule has 0 bridgehead atoms. The Balaban J connectivity index is 2.02. The summed E-state index contributed by atoms with van der Waals surface area (Å²) in [5.74, 6) is 0.251. The maximum absolute atomic E-state index is 12.0. The van der Waals surface area contributed by atoms with Crippen LogP contribution in [-0.2, 0) is 4.79 Å². The molecule has 1 aromatic rings. The van der Waals surface area contributed by atoms with Crippen molar-refractivity contribution < 1.29 is 4.79 Å². The first-order valence-electron chi connectivity index (χ1n) is 5.63. The van der Waals surface area contributed by atoms with Crippen molar-refractivity contribution in [2.45, 2.75) is 12.8 Å². The van der Waals surface area contributed by atoms with E-state index in [0.29, 0.717) is 0 Å². The second-order valence-electron chi connectivity index (χ2n) is 4.14. The minimum Gasteiger partial charge on any atom is -0.325 e. The van der Waals surface area contributed by atoms with Crippen LogP contribution < -0.4 is 10.6 Å². The number of amides is 1. The van der Waals surface area contributed by atoms with Gasteiger partial charge in [-0.2, -0.15) is 0 Å². The molecule has 5 heteroatoms. The predicted molar refractivity (Wildman–Crippen MR) is 76.1 cm³/mol. The van der Waals surface area contributed by atoms with Crippen LogP contribution >= 0.6 is 31.9 Å². The molecule has 0 aromatic heterocycles. The van der Waals surface area contributed by atoms with E-state index in [0.717, 1.165) is 40.6 Å². The summed E-state index contributed by atoms with van der Waals surface area (Å²) in [5.41, 5.74) is 0.830. The number of hydrogen-bond donors (Lipinski definition) is 2. The molecule has 92 valence electrons. The summed E-state index contributed by atoms with van der Waals surface area (Å²) in [6.07, 6.45) is 1.83. The molecule has 1 saturated heterocycles. The van der Waals surface area contributed by atoms with Crippen molar-refractivity contribution in [2.75, 3.05) is 18.4 Å². The maximum atomic E-state index is 12.0. The number of rotatable bonds is 2. The Labute approximate surface area is 118 Å². The fourth-order valence-electron chi connectivity index (χ4n) is 1.91. The summed E-state index contributed by atoms with van der Waals surface area (Å²) in [6, 6.07) is 5.74. The van der Waals surface area contributed by atoms with Gasteiger partial charge in [-0.25, -0.2) is 0 Å². The number of nitrogens with one attached hydrogen (secondary N) is 2. The van der Waals surface area contributed by atoms with Gasteiger partial charge in [-0.3, -0.25) is 4.79 Å². The van der Waals surface area contributed by atoms with Crippen molar-refractivity contribution in [1.29, 1.82) is 0 Å². The molecule has 1 aliphatic heterocycles. The number of halogens is 2. The number of carbonyl (C=O) groups excluding carboxylic acids is 1. The Hall–Kier alpha value is -0.390. The van der Waals surface area contributed by atoms with Crippen LogP contribution in [0.3, 0.4) is 0 Å². The first-order chi connectivity index (χ1) is 8.16. The summed E-state index contributed by atoms with van der Waals surface area (Å²) in [6.45, 7) is 1.86. The lowest BCUT2D eigenvalue weighted by Crippen LogP contribution is -2.34. The molecule has 2 rings (SSSR count). The normalized spacial score (nSPS) is 16.8. The molecular formula is C12H14Br2N2O. The van der Waals surface area contributed by atoms with Crippen LogP contribution in [-0.4, -0.2) is 19.0 Å². The molecule has 1 aromatic carbocycles. The van der Waals surface area contributed by atoms with Crippen molar-refractivity contribution in [1.82, 2.24) is 5.32 Å². The summed E-state index contributed by atoms with van der Waals surface area (Å²) in [5, 5.41) is 6.23. The monoisotopic (exact) mass is 360 g/mol. The molecule has 1 amide bonds. The standard InChI is InChI=1S/C12H14Br2N2O/c13-9-1-2-11(10(14)7-9)16-12(17)8-3-5-15-6-4-8/h1-2,7-8,15H,3-6H2,(H,16,17). The lowest BCUT2D eigenvalue weighted by Gasteiger charge is -2.22. The Bertz CT molecular complexity index is 417. The number of piperidine rings is 1. The topological polar surface area (TPSA) is 41.1 Å². The number of hydrogen-bond acceptors (Lipinski definition) is 2. The van der Waals surface area contributed by atoms with Crippen LogP contribution in [0.4, 0.5) is 5.69 Å². The van der Waals surface area contributed by atoms with Gasteiger partial charge in [0.2, 0.25) is 5.91 Å². The van der Waals surface area contributed by atoms with Crippen molar-refractivity contribution in [3.05, 3.63) is 27.1 Å². The SMILES string of the molecule is O=C(Nc1ccc(Br)cc1Br)C1CCNCC1. The van der Waals surface area contributed by atoms with E-state index in [1.165, 1.54) is 0 Å². The highest BCUT2D eigenvalue weighted by atomic mass is 79.9. The summed E-state index contributed by atoms with van der Waals surface area (Å²) in [7, 11) is 0. The van der Waals surface area contributed by atoms with Crippen LogP contribution in [0.5, 0.6) is 0 Å². The number of carbonyl (C=O) groups is 1. The van der Waals surface area contributed by atoms with Gasteiger partial charge in [-0.1, -0.05) is 15.9 Å². The van der Waals surface area contributed by atoms with Gasteiger partial charge < -0.3 is 10.6 Å². The molecule has 0 saturated carbocycles. The second kappa shape index (κ2) is 5.98. The third kappa shape index (κ3) is 3.53. The highest BCUT2D eigenvalue weighted by molar-refractivity contribution is 9.11. The molecule has 0 radical (unpaired) electrons. The average Bonchev–Trinajstić information content (AvgIpc) is 2.34. The summed E-state index contributed by atoms with van der Waals surface area (Å²) in [4.78, 5) is 12.0. The van der Waals surface area contributed by atoms with Crippen LogP contribution in [0, 0.1) is 5.92 Å². The predicted octanol–water partition coefficient (Wildman–Crippen LogP) is 3.15. The molecule has 1 aliphatic rings. The number of benzene rings is 1. The van der Waals surface area contributed by atoms with Gasteiger partial charge in [0, 0.05) is 14.9 Å². The highest BCUT2D eigenvalue weighted by Crippen LogP contribution is 2.27. The van der Waals surface area contributed by atoms with Crippen LogP contribution in [0.15, 0.2) is 27.1 Å². The van der Waals surface area contributed by atoms with Crippen LogP contribution in [0.25, 0.3) is 0 Å². The molecule has 0 atom stereocenters. The Morgan fingerprint density at radius 2 is 2.00 bits per heavy atom. The van der Waals surface area contributed by atoms with E-state index in [9.17, 15) is 4.79 Å². The minimum atomic E-state index is 0.120. The summed E-state index contributed by atoms with van der Waals surface area (Å²) < 4.78 is 1.89. The van der Waals surface area contributed by atoms with E-state index < -0.39 is 0 Å². The lowest BCUT2D eigenvalue weighted by molar-refractivity contribution is -0.120. The van der Waals surface area contributed by atoms with E-state index in [1.54, 1.807) is 0 Å². The van der Waals surface area contributed by atoms with E-state index in [2.05, 4.69) is 42.5 Å². The third-order valence-electron chi connectivity index (χ3n) is 2.90. The van der Waals surface area contributed by atoms with E-state index in [-0.39, 0.29) is 11.8 Å². The molecule has 0 aliphatic carbocycles. The van der Waals surface area contributed by atoms with E-state index in [4.69, 9.17) is 0 Å². The van der Waals surface area contributed by atoms with Gasteiger partial charge in [0.25, 0.3) is 0 Å².